The fourth-order valence-corrected chi connectivity index (χ4v) is 4.84. The number of carbonyl (C=O) groups excluding carboxylic acids is 1. The number of ether oxygens (including phenoxy) is 1. The number of nitrogens with two attached hydrogens (primary N) is 1. The predicted molar refractivity (Wildman–Crippen MR) is 148 cm³/mol. The average molecular weight is 507 g/mol. The summed E-state index contributed by atoms with van der Waals surface area (Å²) < 4.78 is 5.26. The first-order valence-corrected chi connectivity index (χ1v) is 12.5. The highest BCUT2D eigenvalue weighted by Crippen LogP contribution is 2.32. The van der Waals surface area contributed by atoms with Crippen molar-refractivity contribution in [2.24, 2.45) is 5.73 Å². The van der Waals surface area contributed by atoms with E-state index < -0.39 is 11.7 Å². The number of pyridine rings is 2. The zero-order valence-electron chi connectivity index (χ0n) is 21.9. The Morgan fingerprint density at radius 1 is 1.00 bits per heavy atom. The molecule has 4 heterocycles. The Kier molecular flexibility index (Phi) is 6.63. The van der Waals surface area contributed by atoms with Crippen molar-refractivity contribution in [3.63, 3.8) is 0 Å². The Bertz CT molecular complexity index is 1610. The van der Waals surface area contributed by atoms with Gasteiger partial charge in [0.15, 0.2) is 5.82 Å². The number of aromatic amines is 1. The third kappa shape index (κ3) is 5.39. The Labute approximate surface area is 221 Å². The molecule has 0 saturated heterocycles. The summed E-state index contributed by atoms with van der Waals surface area (Å²) in [4.78, 5) is 33.2. The molecule has 38 heavy (non-hydrogen) atoms. The number of primary amides is 1. The van der Waals surface area contributed by atoms with E-state index in [4.69, 9.17) is 20.4 Å². The van der Waals surface area contributed by atoms with Crippen LogP contribution >= 0.6 is 0 Å². The highest BCUT2D eigenvalue weighted by molar-refractivity contribution is 5.92. The molecule has 4 aromatic heterocycles. The molecule has 3 N–H and O–H groups in total. The van der Waals surface area contributed by atoms with E-state index >= 15 is 0 Å². The van der Waals surface area contributed by atoms with Gasteiger partial charge in [0, 0.05) is 40.8 Å². The third-order valence-corrected chi connectivity index (χ3v) is 6.53. The van der Waals surface area contributed by atoms with Crippen LogP contribution < -0.4 is 5.73 Å². The first kappa shape index (κ1) is 25.1. The summed E-state index contributed by atoms with van der Waals surface area (Å²) in [5, 5.41) is 0.922. The van der Waals surface area contributed by atoms with Gasteiger partial charge in [-0.25, -0.2) is 19.7 Å². The molecule has 0 fully saturated rings. The lowest BCUT2D eigenvalue weighted by molar-refractivity contribution is 0.0349. The molecule has 0 aliphatic heterocycles. The van der Waals surface area contributed by atoms with Crippen LogP contribution in [0.4, 0.5) is 4.79 Å². The quantitative estimate of drug-likeness (QED) is 0.263. The smallest absolute Gasteiger partial charge is 0.405 e. The number of H-pyrrole nitrogens is 1. The molecule has 0 saturated carbocycles. The van der Waals surface area contributed by atoms with Crippen LogP contribution in [-0.2, 0) is 4.74 Å². The number of aryl methyl sites for hydroxylation is 1. The predicted octanol–water partition coefficient (Wildman–Crippen LogP) is 6.42. The minimum Gasteiger partial charge on any atom is -0.444 e. The van der Waals surface area contributed by atoms with Gasteiger partial charge < -0.3 is 15.5 Å². The van der Waals surface area contributed by atoms with Crippen molar-refractivity contribution in [3.05, 3.63) is 84.4 Å². The van der Waals surface area contributed by atoms with Gasteiger partial charge in [0.1, 0.15) is 16.9 Å². The average Bonchev–Trinajstić information content (AvgIpc) is 3.36. The number of amides is 1. The number of benzene rings is 1. The number of aromatic nitrogens is 5. The van der Waals surface area contributed by atoms with E-state index in [1.54, 1.807) is 0 Å². The lowest BCUT2D eigenvalue weighted by Crippen LogP contribution is -2.32. The molecule has 8 heteroatoms. The van der Waals surface area contributed by atoms with Crippen LogP contribution in [-0.4, -0.2) is 36.6 Å². The number of nitrogens with zero attached hydrogens (tertiary/aromatic N) is 4. The van der Waals surface area contributed by atoms with Gasteiger partial charge in [-0.3, -0.25) is 4.98 Å². The molecule has 5 rings (SSSR count). The summed E-state index contributed by atoms with van der Waals surface area (Å²) in [5.74, 6) is 0.741. The number of rotatable bonds is 7. The van der Waals surface area contributed by atoms with E-state index in [2.05, 4.69) is 52.2 Å². The molecule has 0 radical (unpaired) electrons. The fraction of sp³-hybridized carbons (Fsp3) is 0.233. The van der Waals surface area contributed by atoms with Crippen LogP contribution in [0.25, 0.3) is 44.9 Å². The first-order chi connectivity index (χ1) is 18.2. The molecular formula is C30H30N6O2. The number of carbonyl (C=O) groups is 1. The van der Waals surface area contributed by atoms with Crippen molar-refractivity contribution in [3.8, 4) is 33.9 Å². The summed E-state index contributed by atoms with van der Waals surface area (Å²) >= 11 is 0. The third-order valence-electron chi connectivity index (χ3n) is 6.53. The van der Waals surface area contributed by atoms with Crippen molar-refractivity contribution in [1.82, 2.24) is 24.9 Å². The van der Waals surface area contributed by atoms with Gasteiger partial charge >= 0.3 is 6.09 Å². The molecule has 1 atom stereocenters. The Balaban J connectivity index is 1.45. The van der Waals surface area contributed by atoms with Gasteiger partial charge in [-0.05, 0) is 68.5 Å². The lowest BCUT2D eigenvalue weighted by Gasteiger charge is -2.27. The first-order valence-electron chi connectivity index (χ1n) is 12.5. The van der Waals surface area contributed by atoms with Gasteiger partial charge in [-0.1, -0.05) is 37.3 Å². The minimum atomic E-state index is -0.757. The maximum atomic E-state index is 11.2. The van der Waals surface area contributed by atoms with E-state index in [1.807, 2.05) is 63.6 Å². The van der Waals surface area contributed by atoms with E-state index in [0.29, 0.717) is 12.2 Å². The van der Waals surface area contributed by atoms with Crippen LogP contribution in [0.2, 0.25) is 0 Å². The van der Waals surface area contributed by atoms with Gasteiger partial charge in [0.05, 0.1) is 5.69 Å². The highest BCUT2D eigenvalue weighted by atomic mass is 16.6. The second-order valence-corrected chi connectivity index (χ2v) is 10.2. The second-order valence-electron chi connectivity index (χ2n) is 10.2. The minimum absolute atomic E-state index is 0.180. The largest absolute Gasteiger partial charge is 0.444 e. The Hall–Kier alpha value is -4.59. The van der Waals surface area contributed by atoms with E-state index in [1.165, 1.54) is 0 Å². The van der Waals surface area contributed by atoms with Crippen LogP contribution in [0.15, 0.2) is 73.2 Å². The highest BCUT2D eigenvalue weighted by Gasteiger charge is 2.25. The molecule has 1 aromatic carbocycles. The summed E-state index contributed by atoms with van der Waals surface area (Å²) in [6.45, 7) is 7.80. The van der Waals surface area contributed by atoms with Crippen LogP contribution in [0.5, 0.6) is 0 Å². The molecule has 1 amide bonds. The summed E-state index contributed by atoms with van der Waals surface area (Å²) in [5.41, 5.74) is 11.8. The second kappa shape index (κ2) is 10.0. The molecule has 8 nitrogen and oxygen atoms in total. The van der Waals surface area contributed by atoms with Gasteiger partial charge in [0.2, 0.25) is 0 Å². The van der Waals surface area contributed by atoms with Crippen LogP contribution in [0, 0.1) is 6.92 Å². The van der Waals surface area contributed by atoms with Crippen LogP contribution in [0.1, 0.15) is 44.4 Å². The monoisotopic (exact) mass is 506 g/mol. The molecule has 192 valence electrons. The number of hydrogen-bond acceptors (Lipinski definition) is 6. The molecule has 0 spiro atoms. The zero-order chi connectivity index (χ0) is 26.9. The molecular weight excluding hydrogens is 476 g/mol. The van der Waals surface area contributed by atoms with Crippen molar-refractivity contribution >= 4 is 17.1 Å². The van der Waals surface area contributed by atoms with Crippen molar-refractivity contribution in [1.29, 1.82) is 0 Å². The summed E-state index contributed by atoms with van der Waals surface area (Å²) in [7, 11) is 0. The van der Waals surface area contributed by atoms with Crippen molar-refractivity contribution in [2.45, 2.75) is 45.6 Å². The standard InChI is InChI=1S/C30H30N6O2/c1-18(15-30(3,4)38-29(31)37)20-8-10-21(11-9-20)22-14-23(17-32-16-22)26-24-12-13-33-27(24)36-28(35-26)25-7-5-6-19(2)34-25/h5-14,16-18H,15H2,1-4H3,(H2,31,37)(H,33,35,36). The van der Waals surface area contributed by atoms with E-state index in [0.717, 1.165) is 50.4 Å². The number of hydrogen-bond donors (Lipinski definition) is 2. The molecule has 1 unspecified atom stereocenters. The SMILES string of the molecule is Cc1cccc(-c2nc(-c3cncc(-c4ccc(C(C)CC(C)(C)OC(N)=O)cc4)c3)c3cc[nH]c3n2)n1. The zero-order valence-corrected chi connectivity index (χ0v) is 21.9. The Morgan fingerprint density at radius 2 is 1.76 bits per heavy atom. The number of fused-ring (bicyclic) bond motifs is 1. The maximum absolute atomic E-state index is 11.2. The maximum Gasteiger partial charge on any atom is 0.405 e. The summed E-state index contributed by atoms with van der Waals surface area (Å²) in [6, 6.07) is 18.3. The summed E-state index contributed by atoms with van der Waals surface area (Å²) in [6.07, 6.45) is 5.44. The van der Waals surface area contributed by atoms with Gasteiger partial charge in [-0.2, -0.15) is 0 Å². The molecule has 0 aliphatic carbocycles. The van der Waals surface area contributed by atoms with E-state index in [9.17, 15) is 4.79 Å². The van der Waals surface area contributed by atoms with Crippen molar-refractivity contribution < 1.29 is 9.53 Å². The van der Waals surface area contributed by atoms with E-state index in [-0.39, 0.29) is 5.92 Å². The molecule has 5 aromatic rings. The number of nitrogens with one attached hydrogen (secondary N) is 1. The van der Waals surface area contributed by atoms with Crippen molar-refractivity contribution in [2.75, 3.05) is 0 Å². The lowest BCUT2D eigenvalue weighted by atomic mass is 9.88. The van der Waals surface area contributed by atoms with Gasteiger partial charge in [0.25, 0.3) is 0 Å². The van der Waals surface area contributed by atoms with Gasteiger partial charge in [-0.15, -0.1) is 0 Å². The normalized spacial score (nSPS) is 12.4. The molecule has 0 aliphatic rings. The fourth-order valence-electron chi connectivity index (χ4n) is 4.84. The topological polar surface area (TPSA) is 120 Å². The molecule has 0 bridgehead atoms. The van der Waals surface area contributed by atoms with Crippen LogP contribution in [0.3, 0.4) is 0 Å². The Morgan fingerprint density at radius 3 is 2.50 bits per heavy atom.